The maximum atomic E-state index is 8.65. The van der Waals surface area contributed by atoms with E-state index in [9.17, 15) is 0 Å². The first-order valence-corrected chi connectivity index (χ1v) is 2.27. The number of rotatable bonds is 0. The third-order valence-corrected chi connectivity index (χ3v) is 0.850. The van der Waals surface area contributed by atoms with Crippen LogP contribution >= 0.6 is 0 Å². The van der Waals surface area contributed by atoms with Gasteiger partial charge in [-0.05, 0) is 24.3 Å². The van der Waals surface area contributed by atoms with Gasteiger partial charge < -0.3 is 10.2 Å². The number of hydrogen-bond acceptors (Lipinski definition) is 2. The van der Waals surface area contributed by atoms with E-state index in [4.69, 9.17) is 10.2 Å². The molecular weight excluding hydrogens is 197 g/mol. The van der Waals surface area contributed by atoms with Crippen molar-refractivity contribution in [2.24, 2.45) is 0 Å². The number of phenolic OH excluding ortho intramolecular Hbond substituents is 2. The smallest absolute Gasteiger partial charge is 0.115 e. The normalized spacial score (nSPS) is 8.00. The second-order valence-electron chi connectivity index (χ2n) is 1.52. The van der Waals surface area contributed by atoms with E-state index >= 15 is 0 Å². The molecule has 0 fully saturated rings. The van der Waals surface area contributed by atoms with Crippen LogP contribution in [0, 0.1) is 0 Å². The molecule has 0 bridgehead atoms. The van der Waals surface area contributed by atoms with E-state index < -0.39 is 0 Å². The van der Waals surface area contributed by atoms with E-state index in [0.717, 1.165) is 0 Å². The van der Waals surface area contributed by atoms with Crippen molar-refractivity contribution in [3.8, 4) is 11.5 Å². The van der Waals surface area contributed by atoms with Crippen molar-refractivity contribution in [1.82, 2.24) is 0 Å². The van der Waals surface area contributed by atoms with Crippen LogP contribution in [0.4, 0.5) is 0 Å². The van der Waals surface area contributed by atoms with Gasteiger partial charge in [-0.1, -0.05) is 0 Å². The molecule has 1 aromatic rings. The first-order valence-electron chi connectivity index (χ1n) is 2.27. The van der Waals surface area contributed by atoms with Crippen LogP contribution in [-0.2, 0) is 22.4 Å². The van der Waals surface area contributed by atoms with Gasteiger partial charge in [-0.2, -0.15) is 0 Å². The summed E-state index contributed by atoms with van der Waals surface area (Å²) in [6.45, 7) is 0. The van der Waals surface area contributed by atoms with Crippen molar-refractivity contribution in [2.75, 3.05) is 0 Å². The summed E-state index contributed by atoms with van der Waals surface area (Å²) < 4.78 is 0. The van der Waals surface area contributed by atoms with E-state index in [1.165, 1.54) is 24.3 Å². The number of hydrogen-bond donors (Lipinski definition) is 2. The Bertz CT molecular complexity index is 150. The standard InChI is InChI=1S/C6H6O2.Nb/c7-5-1-2-6(8)4-3-5;/h1-4,7-8H;. The molecule has 0 heterocycles. The van der Waals surface area contributed by atoms with Crippen molar-refractivity contribution in [3.63, 3.8) is 0 Å². The third-order valence-electron chi connectivity index (χ3n) is 0.850. The molecule has 0 unspecified atom stereocenters. The summed E-state index contributed by atoms with van der Waals surface area (Å²) in [4.78, 5) is 0. The van der Waals surface area contributed by atoms with Crippen LogP contribution in [0.1, 0.15) is 0 Å². The fourth-order valence-electron chi connectivity index (χ4n) is 0.453. The van der Waals surface area contributed by atoms with Gasteiger partial charge in [0, 0.05) is 22.4 Å². The van der Waals surface area contributed by atoms with E-state index in [-0.39, 0.29) is 33.9 Å². The predicted molar refractivity (Wildman–Crippen MR) is 29.8 cm³/mol. The molecule has 1 rings (SSSR count). The minimum absolute atomic E-state index is 0. The zero-order valence-electron chi connectivity index (χ0n) is 4.65. The van der Waals surface area contributed by atoms with Crippen molar-refractivity contribution < 1.29 is 32.6 Å². The molecule has 0 amide bonds. The summed E-state index contributed by atoms with van der Waals surface area (Å²) in [7, 11) is 0. The zero-order valence-corrected chi connectivity index (χ0v) is 6.85. The van der Waals surface area contributed by atoms with Gasteiger partial charge in [-0.3, -0.25) is 0 Å². The van der Waals surface area contributed by atoms with E-state index in [2.05, 4.69) is 0 Å². The molecule has 2 nitrogen and oxygen atoms in total. The largest absolute Gasteiger partial charge is 0.508 e. The molecule has 0 atom stereocenters. The van der Waals surface area contributed by atoms with Crippen LogP contribution in [0.3, 0.4) is 0 Å². The summed E-state index contributed by atoms with van der Waals surface area (Å²) in [5, 5.41) is 17.3. The number of aromatic hydroxyl groups is 2. The first-order chi connectivity index (χ1) is 3.79. The Morgan fingerprint density at radius 1 is 0.778 bits per heavy atom. The average Bonchev–Trinajstić information content (AvgIpc) is 1.77. The molecule has 2 N–H and O–H groups in total. The van der Waals surface area contributed by atoms with Gasteiger partial charge in [0.05, 0.1) is 0 Å². The first kappa shape index (κ1) is 8.56. The number of phenols is 2. The van der Waals surface area contributed by atoms with Crippen LogP contribution in [0.2, 0.25) is 0 Å². The molecule has 47 valence electrons. The number of benzene rings is 1. The Morgan fingerprint density at radius 2 is 1.00 bits per heavy atom. The average molecular weight is 203 g/mol. The minimum Gasteiger partial charge on any atom is -0.508 e. The molecule has 3 heteroatoms. The van der Waals surface area contributed by atoms with E-state index in [1.54, 1.807) is 0 Å². The quantitative estimate of drug-likeness (QED) is 0.489. The Labute approximate surface area is 68.7 Å². The molecule has 1 aromatic carbocycles. The third kappa shape index (κ3) is 2.56. The van der Waals surface area contributed by atoms with E-state index in [0.29, 0.717) is 0 Å². The van der Waals surface area contributed by atoms with Crippen molar-refractivity contribution in [2.45, 2.75) is 0 Å². The second kappa shape index (κ2) is 3.56. The van der Waals surface area contributed by atoms with Gasteiger partial charge in [-0.25, -0.2) is 0 Å². The van der Waals surface area contributed by atoms with Crippen LogP contribution in [-0.4, -0.2) is 10.2 Å². The van der Waals surface area contributed by atoms with Crippen LogP contribution in [0.25, 0.3) is 0 Å². The van der Waals surface area contributed by atoms with Crippen molar-refractivity contribution in [3.05, 3.63) is 24.3 Å². The fourth-order valence-corrected chi connectivity index (χ4v) is 0.453. The molecule has 0 aromatic heterocycles. The Hall–Kier alpha value is -0.440. The summed E-state index contributed by atoms with van der Waals surface area (Å²) in [6.07, 6.45) is 0. The van der Waals surface area contributed by atoms with Gasteiger partial charge in [0.2, 0.25) is 0 Å². The predicted octanol–water partition coefficient (Wildman–Crippen LogP) is 1.10. The summed E-state index contributed by atoms with van der Waals surface area (Å²) in [5.74, 6) is 0.339. The van der Waals surface area contributed by atoms with Crippen LogP contribution < -0.4 is 0 Å². The maximum absolute atomic E-state index is 8.65. The molecule has 1 radical (unpaired) electrons. The second-order valence-corrected chi connectivity index (χ2v) is 1.52. The minimum atomic E-state index is 0. The topological polar surface area (TPSA) is 40.5 Å². The monoisotopic (exact) mass is 203 g/mol. The molecule has 0 aliphatic heterocycles. The van der Waals surface area contributed by atoms with Crippen LogP contribution in [0.5, 0.6) is 11.5 Å². The van der Waals surface area contributed by atoms with Crippen molar-refractivity contribution in [1.29, 1.82) is 0 Å². The molecule has 0 saturated carbocycles. The van der Waals surface area contributed by atoms with Crippen LogP contribution in [0.15, 0.2) is 24.3 Å². The van der Waals surface area contributed by atoms with Gasteiger partial charge in [-0.15, -0.1) is 0 Å². The Balaban J connectivity index is 0.000000640. The van der Waals surface area contributed by atoms with E-state index in [1.807, 2.05) is 0 Å². The zero-order chi connectivity index (χ0) is 5.98. The Kier molecular flexibility index (Phi) is 3.39. The molecule has 9 heavy (non-hydrogen) atoms. The summed E-state index contributed by atoms with van der Waals surface area (Å²) in [5.41, 5.74) is 0. The van der Waals surface area contributed by atoms with Gasteiger partial charge in [0.15, 0.2) is 0 Å². The SMILES string of the molecule is Oc1ccc(O)cc1.[Nb]. The van der Waals surface area contributed by atoms with Gasteiger partial charge >= 0.3 is 0 Å². The van der Waals surface area contributed by atoms with Crippen molar-refractivity contribution >= 4 is 0 Å². The molecule has 0 aliphatic carbocycles. The molecule has 0 saturated heterocycles. The molecule has 0 aliphatic rings. The molecule has 0 spiro atoms. The summed E-state index contributed by atoms with van der Waals surface area (Å²) in [6, 6.07) is 5.70. The molecular formula is C6H6NbO2. The van der Waals surface area contributed by atoms with Gasteiger partial charge in [0.25, 0.3) is 0 Å². The Morgan fingerprint density at radius 3 is 1.22 bits per heavy atom. The van der Waals surface area contributed by atoms with Gasteiger partial charge in [0.1, 0.15) is 11.5 Å². The summed E-state index contributed by atoms with van der Waals surface area (Å²) >= 11 is 0. The maximum Gasteiger partial charge on any atom is 0.115 e. The fraction of sp³-hybridized carbons (Fsp3) is 0.